The molecular formula is C12H17NO9. The Morgan fingerprint density at radius 1 is 1.09 bits per heavy atom. The SMILES string of the molecule is O=CC(O)C(O)C(O)C(O)CO.O=[N+]([O-])c1ccc(O)cc1. The van der Waals surface area contributed by atoms with Crippen LogP contribution in [-0.2, 0) is 4.79 Å². The molecule has 0 bridgehead atoms. The molecule has 0 aromatic heterocycles. The molecule has 0 saturated carbocycles. The van der Waals surface area contributed by atoms with Gasteiger partial charge < -0.3 is 35.4 Å². The zero-order valence-corrected chi connectivity index (χ0v) is 11.3. The lowest BCUT2D eigenvalue weighted by Crippen LogP contribution is -2.46. The van der Waals surface area contributed by atoms with E-state index in [4.69, 9.17) is 30.6 Å². The lowest BCUT2D eigenvalue weighted by molar-refractivity contribution is -0.384. The molecule has 0 spiro atoms. The number of non-ortho nitro benzene ring substituents is 1. The fourth-order valence-corrected chi connectivity index (χ4v) is 1.19. The van der Waals surface area contributed by atoms with Crippen molar-refractivity contribution in [2.24, 2.45) is 0 Å². The van der Waals surface area contributed by atoms with E-state index in [1.807, 2.05) is 0 Å². The molecule has 1 aromatic rings. The van der Waals surface area contributed by atoms with Gasteiger partial charge in [0.25, 0.3) is 5.69 Å². The number of carbonyl (C=O) groups is 1. The molecule has 0 radical (unpaired) electrons. The Hall–Kier alpha value is -2.11. The van der Waals surface area contributed by atoms with Crippen molar-refractivity contribution in [1.82, 2.24) is 0 Å². The number of benzene rings is 1. The minimum atomic E-state index is -1.79. The molecule has 22 heavy (non-hydrogen) atoms. The Morgan fingerprint density at radius 2 is 1.59 bits per heavy atom. The highest BCUT2D eigenvalue weighted by Crippen LogP contribution is 2.14. The van der Waals surface area contributed by atoms with Crippen LogP contribution in [0, 0.1) is 10.1 Å². The highest BCUT2D eigenvalue weighted by atomic mass is 16.6. The molecule has 4 atom stereocenters. The van der Waals surface area contributed by atoms with Gasteiger partial charge in [-0.2, -0.15) is 0 Å². The van der Waals surface area contributed by atoms with Crippen LogP contribution in [0.25, 0.3) is 0 Å². The van der Waals surface area contributed by atoms with Gasteiger partial charge in [-0.3, -0.25) is 10.1 Å². The molecule has 10 heteroatoms. The summed E-state index contributed by atoms with van der Waals surface area (Å²) in [6.07, 6.45) is -6.84. The largest absolute Gasteiger partial charge is 0.508 e. The topological polar surface area (TPSA) is 182 Å². The van der Waals surface area contributed by atoms with Crippen LogP contribution in [0.1, 0.15) is 0 Å². The van der Waals surface area contributed by atoms with Gasteiger partial charge in [-0.05, 0) is 12.1 Å². The Kier molecular flexibility index (Phi) is 8.82. The van der Waals surface area contributed by atoms with E-state index in [1.54, 1.807) is 0 Å². The monoisotopic (exact) mass is 319 g/mol. The fourth-order valence-electron chi connectivity index (χ4n) is 1.19. The van der Waals surface area contributed by atoms with Crippen molar-refractivity contribution in [3.8, 4) is 5.75 Å². The number of carbonyl (C=O) groups excluding carboxylic acids is 1. The van der Waals surface area contributed by atoms with Gasteiger partial charge in [0.15, 0.2) is 6.29 Å². The average molecular weight is 319 g/mol. The molecule has 0 fully saturated rings. The predicted octanol–water partition coefficient (Wildman–Crippen LogP) is -2.08. The summed E-state index contributed by atoms with van der Waals surface area (Å²) in [7, 11) is 0. The van der Waals surface area contributed by atoms with Crippen molar-refractivity contribution in [2.45, 2.75) is 24.4 Å². The third-order valence-electron chi connectivity index (χ3n) is 2.48. The molecular weight excluding hydrogens is 302 g/mol. The molecule has 4 unspecified atom stereocenters. The Balaban J connectivity index is 0.000000406. The molecule has 0 heterocycles. The van der Waals surface area contributed by atoms with E-state index in [1.165, 1.54) is 24.3 Å². The molecule has 124 valence electrons. The zero-order chi connectivity index (χ0) is 17.3. The van der Waals surface area contributed by atoms with Crippen LogP contribution < -0.4 is 0 Å². The van der Waals surface area contributed by atoms with Crippen LogP contribution in [0.3, 0.4) is 0 Å². The van der Waals surface area contributed by atoms with E-state index in [0.29, 0.717) is 0 Å². The second-order valence-corrected chi connectivity index (χ2v) is 4.13. The molecule has 0 saturated heterocycles. The Morgan fingerprint density at radius 3 is 1.95 bits per heavy atom. The van der Waals surface area contributed by atoms with E-state index in [9.17, 15) is 14.9 Å². The first kappa shape index (κ1) is 19.9. The van der Waals surface area contributed by atoms with E-state index >= 15 is 0 Å². The van der Waals surface area contributed by atoms with E-state index in [2.05, 4.69) is 0 Å². The number of aliphatic hydroxyl groups excluding tert-OH is 5. The van der Waals surface area contributed by atoms with Gasteiger partial charge in [-0.25, -0.2) is 0 Å². The third-order valence-corrected chi connectivity index (χ3v) is 2.48. The number of hydrogen-bond donors (Lipinski definition) is 6. The van der Waals surface area contributed by atoms with Gasteiger partial charge in [0.2, 0.25) is 0 Å². The lowest BCUT2D eigenvalue weighted by Gasteiger charge is -2.22. The molecule has 0 aliphatic rings. The summed E-state index contributed by atoms with van der Waals surface area (Å²) in [4.78, 5) is 19.4. The number of aromatic hydroxyl groups is 1. The van der Waals surface area contributed by atoms with Gasteiger partial charge in [0.05, 0.1) is 11.5 Å². The first-order valence-corrected chi connectivity index (χ1v) is 5.96. The summed E-state index contributed by atoms with van der Waals surface area (Å²) < 4.78 is 0. The van der Waals surface area contributed by atoms with E-state index < -0.39 is 35.9 Å². The minimum absolute atomic E-state index is 0.0159. The number of nitrogens with zero attached hydrogens (tertiary/aromatic N) is 1. The van der Waals surface area contributed by atoms with Crippen LogP contribution in [0.15, 0.2) is 24.3 Å². The van der Waals surface area contributed by atoms with Crippen molar-refractivity contribution in [1.29, 1.82) is 0 Å². The minimum Gasteiger partial charge on any atom is -0.508 e. The maximum absolute atomic E-state index is 10.0. The summed E-state index contributed by atoms with van der Waals surface area (Å²) in [6.45, 7) is -0.760. The van der Waals surface area contributed by atoms with Crippen molar-refractivity contribution < 1.29 is 40.4 Å². The molecule has 0 aliphatic carbocycles. The van der Waals surface area contributed by atoms with E-state index in [0.717, 1.165) is 0 Å². The second-order valence-electron chi connectivity index (χ2n) is 4.13. The standard InChI is InChI=1S/C6H5NO3.C6H12O6/c8-6-3-1-5(2-4-6)7(9)10;7-1-3(9)5(11)6(12)4(10)2-8/h1-4,8H;1,3-6,8-12H,2H2. The Labute approximate surface area is 124 Å². The molecule has 1 aromatic carbocycles. The first-order valence-electron chi connectivity index (χ1n) is 5.96. The maximum atomic E-state index is 10.0. The Bertz CT molecular complexity index is 464. The molecule has 10 nitrogen and oxygen atoms in total. The number of nitro groups is 1. The van der Waals surface area contributed by atoms with Crippen molar-refractivity contribution >= 4 is 12.0 Å². The summed E-state index contributed by atoms with van der Waals surface area (Å²) in [5, 5.41) is 62.3. The van der Waals surface area contributed by atoms with Crippen LogP contribution in [0.4, 0.5) is 5.69 Å². The van der Waals surface area contributed by atoms with Crippen LogP contribution in [0.5, 0.6) is 5.75 Å². The molecule has 0 aliphatic heterocycles. The summed E-state index contributed by atoms with van der Waals surface area (Å²) in [5.41, 5.74) is -0.0159. The number of aldehydes is 1. The van der Waals surface area contributed by atoms with Gasteiger partial charge in [0, 0.05) is 12.1 Å². The van der Waals surface area contributed by atoms with Gasteiger partial charge in [0.1, 0.15) is 30.2 Å². The smallest absolute Gasteiger partial charge is 0.269 e. The summed E-state index contributed by atoms with van der Waals surface area (Å²) in [5.74, 6) is 0.0330. The maximum Gasteiger partial charge on any atom is 0.269 e. The van der Waals surface area contributed by atoms with Crippen LogP contribution >= 0.6 is 0 Å². The quantitative estimate of drug-likeness (QED) is 0.195. The fraction of sp³-hybridized carbons (Fsp3) is 0.417. The number of aliphatic hydroxyl groups is 5. The normalized spacial score (nSPS) is 15.7. The zero-order valence-electron chi connectivity index (χ0n) is 11.3. The number of phenols is 1. The second kappa shape index (κ2) is 9.76. The highest BCUT2D eigenvalue weighted by molar-refractivity contribution is 5.56. The van der Waals surface area contributed by atoms with Gasteiger partial charge >= 0.3 is 0 Å². The first-order chi connectivity index (χ1) is 10.2. The van der Waals surface area contributed by atoms with Crippen molar-refractivity contribution in [3.63, 3.8) is 0 Å². The number of nitro benzene ring substituents is 1. The van der Waals surface area contributed by atoms with E-state index in [-0.39, 0.29) is 17.7 Å². The van der Waals surface area contributed by atoms with Crippen LogP contribution in [0.2, 0.25) is 0 Å². The highest BCUT2D eigenvalue weighted by Gasteiger charge is 2.29. The number of phenolic OH excluding ortho intramolecular Hbond substituents is 1. The molecule has 6 N–H and O–H groups in total. The summed E-state index contributed by atoms with van der Waals surface area (Å²) >= 11 is 0. The molecule has 0 amide bonds. The molecule has 1 rings (SSSR count). The number of rotatable bonds is 6. The van der Waals surface area contributed by atoms with Crippen LogP contribution in [-0.4, -0.2) is 72.9 Å². The summed E-state index contributed by atoms with van der Waals surface area (Å²) in [6, 6.07) is 5.04. The van der Waals surface area contributed by atoms with Crippen molar-refractivity contribution in [2.75, 3.05) is 6.61 Å². The predicted molar refractivity (Wildman–Crippen MR) is 71.9 cm³/mol. The van der Waals surface area contributed by atoms with Crippen molar-refractivity contribution in [3.05, 3.63) is 34.4 Å². The van der Waals surface area contributed by atoms with Gasteiger partial charge in [-0.1, -0.05) is 0 Å². The average Bonchev–Trinajstić information content (AvgIpc) is 2.52. The lowest BCUT2D eigenvalue weighted by atomic mass is 10.0. The number of hydrogen-bond acceptors (Lipinski definition) is 9. The third kappa shape index (κ3) is 6.56. The van der Waals surface area contributed by atoms with Gasteiger partial charge in [-0.15, -0.1) is 0 Å².